The molecule has 0 bridgehead atoms. The summed E-state index contributed by atoms with van der Waals surface area (Å²) in [6, 6.07) is 14.3. The van der Waals surface area contributed by atoms with Crippen molar-refractivity contribution in [1.29, 1.82) is 0 Å². The molecule has 0 saturated heterocycles. The number of aromatic nitrogens is 1. The molecule has 3 aromatic rings. The lowest BCUT2D eigenvalue weighted by Gasteiger charge is -2.17. The quantitative estimate of drug-likeness (QED) is 0.777. The Balaban J connectivity index is 2.14. The number of hydrogen-bond acceptors (Lipinski definition) is 4. The van der Waals surface area contributed by atoms with Crippen LogP contribution < -0.4 is 10.3 Å². The SMILES string of the molecule is COc1cc(C(OC)c2cc3ccccc3[nH]c2=O)ccc1O. The highest BCUT2D eigenvalue weighted by Crippen LogP contribution is 2.32. The second kappa shape index (κ2) is 6.14. The first-order chi connectivity index (χ1) is 11.1. The number of phenols is 1. The lowest BCUT2D eigenvalue weighted by atomic mass is 10.0. The van der Waals surface area contributed by atoms with E-state index in [1.54, 1.807) is 19.2 Å². The normalized spacial score (nSPS) is 12.3. The summed E-state index contributed by atoms with van der Waals surface area (Å²) in [7, 11) is 3.02. The predicted molar refractivity (Wildman–Crippen MR) is 88.1 cm³/mol. The molecule has 5 nitrogen and oxygen atoms in total. The topological polar surface area (TPSA) is 71.5 Å². The zero-order chi connectivity index (χ0) is 16.4. The molecule has 0 aliphatic rings. The molecule has 1 atom stereocenters. The minimum Gasteiger partial charge on any atom is -0.504 e. The van der Waals surface area contributed by atoms with Crippen molar-refractivity contribution in [2.24, 2.45) is 0 Å². The Labute approximate surface area is 133 Å². The van der Waals surface area contributed by atoms with Crippen LogP contribution in [0.4, 0.5) is 0 Å². The maximum absolute atomic E-state index is 12.4. The molecular weight excluding hydrogens is 294 g/mol. The second-order valence-corrected chi connectivity index (χ2v) is 5.19. The summed E-state index contributed by atoms with van der Waals surface area (Å²) in [5.74, 6) is 0.375. The number of aromatic hydroxyl groups is 1. The highest BCUT2D eigenvalue weighted by Gasteiger charge is 2.19. The highest BCUT2D eigenvalue weighted by molar-refractivity contribution is 5.78. The molecule has 1 heterocycles. The number of rotatable bonds is 4. The molecule has 1 aromatic heterocycles. The van der Waals surface area contributed by atoms with Gasteiger partial charge in [-0.1, -0.05) is 24.3 Å². The average molecular weight is 311 g/mol. The molecule has 23 heavy (non-hydrogen) atoms. The third-order valence-electron chi connectivity index (χ3n) is 3.81. The molecule has 0 spiro atoms. The van der Waals surface area contributed by atoms with Gasteiger partial charge >= 0.3 is 0 Å². The van der Waals surface area contributed by atoms with Crippen LogP contribution in [0.1, 0.15) is 17.2 Å². The number of phenolic OH excluding ortho intramolecular Hbond substituents is 1. The van der Waals surface area contributed by atoms with Crippen molar-refractivity contribution in [2.45, 2.75) is 6.10 Å². The first-order valence-corrected chi connectivity index (χ1v) is 7.15. The molecule has 1 unspecified atom stereocenters. The summed E-state index contributed by atoms with van der Waals surface area (Å²) in [5, 5.41) is 10.6. The number of hydrogen-bond donors (Lipinski definition) is 2. The summed E-state index contributed by atoms with van der Waals surface area (Å²) in [6.07, 6.45) is -0.558. The van der Waals surface area contributed by atoms with E-state index in [0.29, 0.717) is 11.3 Å². The Kier molecular flexibility index (Phi) is 4.04. The van der Waals surface area contributed by atoms with Crippen LogP contribution in [0.25, 0.3) is 10.9 Å². The fourth-order valence-corrected chi connectivity index (χ4v) is 2.66. The van der Waals surface area contributed by atoms with Crippen molar-refractivity contribution >= 4 is 10.9 Å². The Morgan fingerprint density at radius 1 is 1.09 bits per heavy atom. The van der Waals surface area contributed by atoms with E-state index in [1.165, 1.54) is 13.2 Å². The van der Waals surface area contributed by atoms with E-state index >= 15 is 0 Å². The van der Waals surface area contributed by atoms with Crippen LogP contribution in [0.2, 0.25) is 0 Å². The fraction of sp³-hybridized carbons (Fsp3) is 0.167. The largest absolute Gasteiger partial charge is 0.504 e. The smallest absolute Gasteiger partial charge is 0.254 e. The molecule has 2 aromatic carbocycles. The van der Waals surface area contributed by atoms with Crippen LogP contribution >= 0.6 is 0 Å². The van der Waals surface area contributed by atoms with Gasteiger partial charge in [-0.2, -0.15) is 0 Å². The Morgan fingerprint density at radius 2 is 1.87 bits per heavy atom. The van der Waals surface area contributed by atoms with E-state index in [1.807, 2.05) is 30.3 Å². The number of ether oxygens (including phenoxy) is 2. The van der Waals surface area contributed by atoms with Crippen LogP contribution in [0.15, 0.2) is 53.3 Å². The first kappa shape index (κ1) is 15.1. The van der Waals surface area contributed by atoms with Gasteiger partial charge in [0.15, 0.2) is 11.5 Å². The van der Waals surface area contributed by atoms with Gasteiger partial charge in [-0.05, 0) is 35.2 Å². The molecular formula is C18H17NO4. The Bertz CT molecular complexity index is 901. The van der Waals surface area contributed by atoms with Gasteiger partial charge in [-0.25, -0.2) is 0 Å². The highest BCUT2D eigenvalue weighted by atomic mass is 16.5. The van der Waals surface area contributed by atoms with E-state index in [-0.39, 0.29) is 11.3 Å². The molecule has 5 heteroatoms. The van der Waals surface area contributed by atoms with Gasteiger partial charge in [-0.3, -0.25) is 4.79 Å². The summed E-state index contributed by atoms with van der Waals surface area (Å²) < 4.78 is 10.7. The van der Waals surface area contributed by atoms with Gasteiger partial charge in [-0.15, -0.1) is 0 Å². The van der Waals surface area contributed by atoms with Gasteiger partial charge in [0.2, 0.25) is 0 Å². The van der Waals surface area contributed by atoms with Crippen LogP contribution in [0.5, 0.6) is 11.5 Å². The third-order valence-corrected chi connectivity index (χ3v) is 3.81. The van der Waals surface area contributed by atoms with Crippen molar-refractivity contribution in [3.8, 4) is 11.5 Å². The van der Waals surface area contributed by atoms with E-state index in [0.717, 1.165) is 16.5 Å². The monoisotopic (exact) mass is 311 g/mol. The molecule has 2 N–H and O–H groups in total. The van der Waals surface area contributed by atoms with Gasteiger partial charge in [0.25, 0.3) is 5.56 Å². The van der Waals surface area contributed by atoms with E-state index < -0.39 is 6.10 Å². The van der Waals surface area contributed by atoms with Crippen LogP contribution in [-0.4, -0.2) is 24.3 Å². The number of pyridine rings is 1. The molecule has 0 radical (unpaired) electrons. The fourth-order valence-electron chi connectivity index (χ4n) is 2.66. The van der Waals surface area contributed by atoms with Gasteiger partial charge in [0.1, 0.15) is 6.10 Å². The van der Waals surface area contributed by atoms with Crippen molar-refractivity contribution in [3.05, 3.63) is 70.0 Å². The number of aromatic amines is 1. The molecule has 3 rings (SSSR count). The summed E-state index contributed by atoms with van der Waals surface area (Å²) >= 11 is 0. The van der Waals surface area contributed by atoms with Gasteiger partial charge < -0.3 is 19.6 Å². The molecule has 0 aliphatic carbocycles. The molecule has 0 amide bonds. The molecule has 0 saturated carbocycles. The van der Waals surface area contributed by atoms with E-state index in [4.69, 9.17) is 9.47 Å². The minimum absolute atomic E-state index is 0.0403. The zero-order valence-corrected chi connectivity index (χ0v) is 12.9. The van der Waals surface area contributed by atoms with E-state index in [2.05, 4.69) is 4.98 Å². The maximum atomic E-state index is 12.4. The average Bonchev–Trinajstić information content (AvgIpc) is 2.57. The van der Waals surface area contributed by atoms with Gasteiger partial charge in [0.05, 0.1) is 12.7 Å². The number of para-hydroxylation sites is 1. The van der Waals surface area contributed by atoms with E-state index in [9.17, 15) is 9.90 Å². The lowest BCUT2D eigenvalue weighted by Crippen LogP contribution is -2.18. The number of fused-ring (bicyclic) bond motifs is 1. The van der Waals surface area contributed by atoms with Crippen LogP contribution in [-0.2, 0) is 4.74 Å². The van der Waals surface area contributed by atoms with Crippen molar-refractivity contribution in [1.82, 2.24) is 4.98 Å². The van der Waals surface area contributed by atoms with Crippen molar-refractivity contribution in [3.63, 3.8) is 0 Å². The number of nitrogens with one attached hydrogen (secondary N) is 1. The number of benzene rings is 2. The van der Waals surface area contributed by atoms with Gasteiger partial charge in [0, 0.05) is 12.6 Å². The third kappa shape index (κ3) is 2.78. The molecule has 0 fully saturated rings. The first-order valence-electron chi connectivity index (χ1n) is 7.15. The zero-order valence-electron chi connectivity index (χ0n) is 12.9. The Morgan fingerprint density at radius 3 is 2.61 bits per heavy atom. The molecule has 0 aliphatic heterocycles. The van der Waals surface area contributed by atoms with Crippen LogP contribution in [0, 0.1) is 0 Å². The minimum atomic E-state index is -0.558. The lowest BCUT2D eigenvalue weighted by molar-refractivity contribution is 0.135. The second-order valence-electron chi connectivity index (χ2n) is 5.19. The number of methoxy groups -OCH3 is 2. The predicted octanol–water partition coefficient (Wildman–Crippen LogP) is 2.98. The standard InChI is InChI=1S/C18H17NO4/c1-22-16-10-12(7-8-15(16)20)17(23-2)13-9-11-5-3-4-6-14(11)19-18(13)21/h3-10,17,20H,1-2H3,(H,19,21). The maximum Gasteiger partial charge on any atom is 0.254 e. The molecule has 118 valence electrons. The summed E-state index contributed by atoms with van der Waals surface area (Å²) in [5.41, 5.74) is 1.80. The van der Waals surface area contributed by atoms with Crippen LogP contribution in [0.3, 0.4) is 0 Å². The summed E-state index contributed by atoms with van der Waals surface area (Å²) in [6.45, 7) is 0. The van der Waals surface area contributed by atoms with Crippen molar-refractivity contribution < 1.29 is 14.6 Å². The summed E-state index contributed by atoms with van der Waals surface area (Å²) in [4.78, 5) is 15.3. The Hall–Kier alpha value is -2.79. The van der Waals surface area contributed by atoms with Crippen molar-refractivity contribution in [2.75, 3.05) is 14.2 Å². The number of H-pyrrole nitrogens is 1.